The zero-order valence-corrected chi connectivity index (χ0v) is 15.9. The van der Waals surface area contributed by atoms with Gasteiger partial charge in [-0.15, -0.1) is 0 Å². The van der Waals surface area contributed by atoms with Gasteiger partial charge in [0.2, 0.25) is 0 Å². The molecule has 0 radical (unpaired) electrons. The van der Waals surface area contributed by atoms with Crippen LogP contribution in [0, 0.1) is 0 Å². The van der Waals surface area contributed by atoms with Crippen molar-refractivity contribution in [1.29, 1.82) is 0 Å². The molecule has 0 atom stereocenters. The van der Waals surface area contributed by atoms with Crippen LogP contribution in [0.25, 0.3) is 0 Å². The average molecular weight is 289 g/mol. The summed E-state index contributed by atoms with van der Waals surface area (Å²) in [5, 5.41) is 3.44. The van der Waals surface area contributed by atoms with Gasteiger partial charge in [-0.25, -0.2) is 0 Å². The van der Waals surface area contributed by atoms with Gasteiger partial charge in [-0.3, -0.25) is 0 Å². The lowest BCUT2D eigenvalue weighted by atomic mass is 10.0. The van der Waals surface area contributed by atoms with Crippen molar-refractivity contribution in [3.63, 3.8) is 0 Å². The highest BCUT2D eigenvalue weighted by Gasteiger charge is 2.19. The molecule has 2 heteroatoms. The highest BCUT2D eigenvalue weighted by Crippen LogP contribution is 2.13. The fraction of sp³-hybridized carbons (Fsp3) is 1.00. The second-order valence-electron chi connectivity index (χ2n) is 4.37. The standard InChI is InChI=1S/C12H26N2.3C2H6/c1-3-5-11-14(10-4-2)12-6-8-13-9-7-12;3*1-2/h12-13H,3-11H2,1-2H3;3*1-2H3. The summed E-state index contributed by atoms with van der Waals surface area (Å²) < 4.78 is 0. The van der Waals surface area contributed by atoms with Gasteiger partial charge < -0.3 is 10.2 Å². The van der Waals surface area contributed by atoms with Gasteiger partial charge in [0.1, 0.15) is 0 Å². The molecule has 0 unspecified atom stereocenters. The van der Waals surface area contributed by atoms with Crippen molar-refractivity contribution in [2.75, 3.05) is 26.2 Å². The van der Waals surface area contributed by atoms with E-state index < -0.39 is 0 Å². The number of piperidine rings is 1. The minimum atomic E-state index is 0.864. The van der Waals surface area contributed by atoms with E-state index >= 15 is 0 Å². The van der Waals surface area contributed by atoms with Crippen molar-refractivity contribution < 1.29 is 0 Å². The van der Waals surface area contributed by atoms with Crippen LogP contribution in [0.4, 0.5) is 0 Å². The van der Waals surface area contributed by atoms with Gasteiger partial charge in [0, 0.05) is 6.04 Å². The monoisotopic (exact) mass is 288 g/mol. The molecule has 1 aliphatic rings. The first kappa shape index (κ1) is 24.9. The second kappa shape index (κ2) is 24.0. The topological polar surface area (TPSA) is 15.3 Å². The lowest BCUT2D eigenvalue weighted by Crippen LogP contribution is -2.43. The molecular weight excluding hydrogens is 244 g/mol. The lowest BCUT2D eigenvalue weighted by molar-refractivity contribution is 0.160. The molecule has 20 heavy (non-hydrogen) atoms. The van der Waals surface area contributed by atoms with Crippen LogP contribution < -0.4 is 5.32 Å². The van der Waals surface area contributed by atoms with E-state index in [0.717, 1.165) is 6.04 Å². The zero-order valence-electron chi connectivity index (χ0n) is 15.9. The maximum atomic E-state index is 3.44. The Labute approximate surface area is 130 Å². The summed E-state index contributed by atoms with van der Waals surface area (Å²) >= 11 is 0. The molecule has 0 bridgehead atoms. The van der Waals surface area contributed by atoms with E-state index in [2.05, 4.69) is 24.1 Å². The number of nitrogens with one attached hydrogen (secondary N) is 1. The summed E-state index contributed by atoms with van der Waals surface area (Å²) in [6.07, 6.45) is 6.69. The van der Waals surface area contributed by atoms with Crippen LogP contribution in [-0.4, -0.2) is 37.1 Å². The van der Waals surface area contributed by atoms with Crippen LogP contribution in [0.1, 0.15) is 87.5 Å². The van der Waals surface area contributed by atoms with E-state index in [1.807, 2.05) is 41.5 Å². The summed E-state index contributed by atoms with van der Waals surface area (Å²) in [5.41, 5.74) is 0. The van der Waals surface area contributed by atoms with Crippen molar-refractivity contribution >= 4 is 0 Å². The van der Waals surface area contributed by atoms with Crippen molar-refractivity contribution in [1.82, 2.24) is 10.2 Å². The Hall–Kier alpha value is -0.0800. The van der Waals surface area contributed by atoms with Crippen molar-refractivity contribution in [3.05, 3.63) is 0 Å². The number of hydrogen-bond acceptors (Lipinski definition) is 2. The van der Waals surface area contributed by atoms with E-state index in [1.54, 1.807) is 0 Å². The average Bonchev–Trinajstić information content (AvgIpc) is 2.58. The molecule has 0 aromatic carbocycles. The van der Waals surface area contributed by atoms with Gasteiger partial charge in [0.15, 0.2) is 0 Å². The predicted octanol–water partition coefficient (Wildman–Crippen LogP) is 5.33. The number of hydrogen-bond donors (Lipinski definition) is 1. The van der Waals surface area contributed by atoms with Crippen LogP contribution >= 0.6 is 0 Å². The van der Waals surface area contributed by atoms with Crippen LogP contribution in [0.15, 0.2) is 0 Å². The van der Waals surface area contributed by atoms with Gasteiger partial charge in [0.25, 0.3) is 0 Å². The minimum Gasteiger partial charge on any atom is -0.317 e. The molecule has 1 heterocycles. The maximum Gasteiger partial charge on any atom is 0.0119 e. The summed E-state index contributed by atoms with van der Waals surface area (Å²) in [4.78, 5) is 2.71. The SMILES string of the molecule is CC.CC.CC.CCCCN(CCC)C1CCNCC1. The molecule has 1 fully saturated rings. The molecule has 1 rings (SSSR count). The Morgan fingerprint density at radius 2 is 1.30 bits per heavy atom. The van der Waals surface area contributed by atoms with E-state index in [1.165, 1.54) is 58.3 Å². The number of rotatable bonds is 6. The molecule has 0 amide bonds. The van der Waals surface area contributed by atoms with E-state index in [4.69, 9.17) is 0 Å². The molecular formula is C18H44N2. The highest BCUT2D eigenvalue weighted by molar-refractivity contribution is 4.77. The Morgan fingerprint density at radius 1 is 0.800 bits per heavy atom. The van der Waals surface area contributed by atoms with Crippen LogP contribution in [-0.2, 0) is 0 Å². The Kier molecular flexibility index (Phi) is 29.9. The third kappa shape index (κ3) is 14.3. The number of unbranched alkanes of at least 4 members (excludes halogenated alkanes) is 1. The van der Waals surface area contributed by atoms with Gasteiger partial charge in [-0.05, 0) is 51.9 Å². The summed E-state index contributed by atoms with van der Waals surface area (Å²) in [5.74, 6) is 0. The van der Waals surface area contributed by atoms with E-state index in [0.29, 0.717) is 0 Å². The van der Waals surface area contributed by atoms with Crippen molar-refractivity contribution in [2.24, 2.45) is 0 Å². The molecule has 0 spiro atoms. The van der Waals surface area contributed by atoms with Gasteiger partial charge in [-0.2, -0.15) is 0 Å². The molecule has 126 valence electrons. The van der Waals surface area contributed by atoms with E-state index in [-0.39, 0.29) is 0 Å². The Bertz CT molecular complexity index is 131. The molecule has 0 aromatic heterocycles. The van der Waals surface area contributed by atoms with Crippen molar-refractivity contribution in [2.45, 2.75) is 93.5 Å². The normalized spacial score (nSPS) is 14.2. The fourth-order valence-electron chi connectivity index (χ4n) is 2.30. The first-order valence-corrected chi connectivity index (χ1v) is 9.33. The predicted molar refractivity (Wildman–Crippen MR) is 96.7 cm³/mol. The maximum absolute atomic E-state index is 3.44. The van der Waals surface area contributed by atoms with Gasteiger partial charge in [0.05, 0.1) is 0 Å². The Balaban J connectivity index is -0.000000425. The third-order valence-corrected chi connectivity index (χ3v) is 3.13. The molecule has 0 aliphatic carbocycles. The fourth-order valence-corrected chi connectivity index (χ4v) is 2.30. The zero-order chi connectivity index (χ0) is 16.2. The molecule has 1 aliphatic heterocycles. The summed E-state index contributed by atoms with van der Waals surface area (Å²) in [6, 6.07) is 0.864. The minimum absolute atomic E-state index is 0.864. The van der Waals surface area contributed by atoms with Crippen LogP contribution in [0.2, 0.25) is 0 Å². The highest BCUT2D eigenvalue weighted by atomic mass is 15.2. The van der Waals surface area contributed by atoms with Gasteiger partial charge in [-0.1, -0.05) is 61.8 Å². The Morgan fingerprint density at radius 3 is 1.70 bits per heavy atom. The molecule has 1 saturated heterocycles. The molecule has 0 aromatic rings. The lowest BCUT2D eigenvalue weighted by Gasteiger charge is -2.34. The number of nitrogens with zero attached hydrogens (tertiary/aromatic N) is 1. The van der Waals surface area contributed by atoms with E-state index in [9.17, 15) is 0 Å². The molecule has 2 nitrogen and oxygen atoms in total. The van der Waals surface area contributed by atoms with Gasteiger partial charge >= 0.3 is 0 Å². The summed E-state index contributed by atoms with van der Waals surface area (Å²) in [6.45, 7) is 21.6. The second-order valence-corrected chi connectivity index (χ2v) is 4.37. The van der Waals surface area contributed by atoms with Crippen LogP contribution in [0.3, 0.4) is 0 Å². The quantitative estimate of drug-likeness (QED) is 0.710. The van der Waals surface area contributed by atoms with Crippen molar-refractivity contribution in [3.8, 4) is 0 Å². The third-order valence-electron chi connectivity index (χ3n) is 3.13. The largest absolute Gasteiger partial charge is 0.317 e. The first-order chi connectivity index (χ1) is 9.88. The molecule has 1 N–H and O–H groups in total. The molecule has 0 saturated carbocycles. The van der Waals surface area contributed by atoms with Crippen LogP contribution in [0.5, 0.6) is 0 Å². The summed E-state index contributed by atoms with van der Waals surface area (Å²) in [7, 11) is 0. The smallest absolute Gasteiger partial charge is 0.0119 e. The first-order valence-electron chi connectivity index (χ1n) is 9.33.